The van der Waals surface area contributed by atoms with Gasteiger partial charge < -0.3 is 0 Å². The summed E-state index contributed by atoms with van der Waals surface area (Å²) in [6, 6.07) is 17.0. The van der Waals surface area contributed by atoms with Gasteiger partial charge >= 0.3 is 0 Å². The van der Waals surface area contributed by atoms with Gasteiger partial charge in [-0.1, -0.05) is 18.2 Å². The number of nitrogens with one attached hydrogen (secondary N) is 1. The van der Waals surface area contributed by atoms with Crippen molar-refractivity contribution >= 4 is 11.4 Å². The number of anilines is 1. The zero-order chi connectivity index (χ0) is 14.9. The number of aromatic nitrogens is 1. The maximum Gasteiger partial charge on any atom is 0.237 e. The number of benzene rings is 1. The van der Waals surface area contributed by atoms with E-state index in [4.69, 9.17) is 10.5 Å². The van der Waals surface area contributed by atoms with Crippen LogP contribution in [0.15, 0.2) is 53.8 Å². The summed E-state index contributed by atoms with van der Waals surface area (Å²) in [5, 5.41) is 20.8. The van der Waals surface area contributed by atoms with E-state index in [0.717, 1.165) is 24.2 Å². The van der Waals surface area contributed by atoms with E-state index in [0.29, 0.717) is 0 Å². The van der Waals surface area contributed by atoms with E-state index < -0.39 is 0 Å². The predicted molar refractivity (Wildman–Crippen MR) is 80.4 cm³/mol. The lowest BCUT2D eigenvalue weighted by molar-refractivity contribution is 0.914. The van der Waals surface area contributed by atoms with E-state index in [1.54, 1.807) is 18.3 Å². The predicted octanol–water partition coefficient (Wildman–Crippen LogP) is 2.68. The Morgan fingerprint density at radius 3 is 2.43 bits per heavy atom. The Morgan fingerprint density at radius 1 is 1.05 bits per heavy atom. The minimum Gasteiger partial charge on any atom is -0.277 e. The first-order chi connectivity index (χ1) is 10.3. The third-order valence-corrected chi connectivity index (χ3v) is 2.86. The van der Waals surface area contributed by atoms with Crippen molar-refractivity contribution in [2.45, 2.75) is 12.8 Å². The fraction of sp³-hybridized carbons (Fsp3) is 0.125. The second-order valence-corrected chi connectivity index (χ2v) is 4.31. The first-order valence-electron chi connectivity index (χ1n) is 6.44. The molecule has 0 aliphatic rings. The lowest BCUT2D eigenvalue weighted by atomic mass is 10.1. The summed E-state index contributed by atoms with van der Waals surface area (Å²) in [5.41, 5.74) is 5.47. The second-order valence-electron chi connectivity index (χ2n) is 4.31. The van der Waals surface area contributed by atoms with Gasteiger partial charge in [0.05, 0.1) is 5.69 Å². The second kappa shape index (κ2) is 7.42. The lowest BCUT2D eigenvalue weighted by Gasteiger charge is -2.04. The Bertz CT molecular complexity index is 674. The van der Waals surface area contributed by atoms with Crippen LogP contribution in [0.4, 0.5) is 5.69 Å². The Balaban J connectivity index is 1.92. The Hall–Kier alpha value is -3.18. The van der Waals surface area contributed by atoms with Crippen molar-refractivity contribution in [2.24, 2.45) is 5.10 Å². The van der Waals surface area contributed by atoms with Crippen LogP contribution in [0.3, 0.4) is 0 Å². The molecule has 1 heterocycles. The summed E-state index contributed by atoms with van der Waals surface area (Å²) in [5.74, 6) is 0. The third kappa shape index (κ3) is 4.45. The number of nitrogens with zero attached hydrogens (tertiary/aromatic N) is 4. The van der Waals surface area contributed by atoms with Crippen LogP contribution in [0.2, 0.25) is 0 Å². The van der Waals surface area contributed by atoms with Crippen molar-refractivity contribution in [2.75, 3.05) is 5.43 Å². The number of nitriles is 2. The molecule has 102 valence electrons. The molecule has 0 unspecified atom stereocenters. The minimum absolute atomic E-state index is 0.200. The third-order valence-electron chi connectivity index (χ3n) is 2.86. The molecule has 0 fully saturated rings. The van der Waals surface area contributed by atoms with Gasteiger partial charge in [0.2, 0.25) is 5.71 Å². The molecule has 0 spiro atoms. The summed E-state index contributed by atoms with van der Waals surface area (Å²) in [4.78, 5) is 4.29. The van der Waals surface area contributed by atoms with Gasteiger partial charge in [0.25, 0.3) is 0 Å². The van der Waals surface area contributed by atoms with Gasteiger partial charge in [-0.3, -0.25) is 10.4 Å². The zero-order valence-corrected chi connectivity index (χ0v) is 11.3. The molecule has 2 rings (SSSR count). The molecule has 0 radical (unpaired) electrons. The SMILES string of the molecule is N#CC(C#N)=NNc1ccc(CCc2ccccn2)cc1. The monoisotopic (exact) mass is 275 g/mol. The van der Waals surface area contributed by atoms with Crippen LogP contribution in [0.5, 0.6) is 0 Å². The molecule has 0 amide bonds. The molecule has 1 aromatic heterocycles. The Morgan fingerprint density at radius 2 is 1.81 bits per heavy atom. The van der Waals surface area contributed by atoms with Gasteiger partial charge in [-0.2, -0.15) is 15.6 Å². The van der Waals surface area contributed by atoms with Gasteiger partial charge in [-0.25, -0.2) is 0 Å². The van der Waals surface area contributed by atoms with E-state index in [-0.39, 0.29) is 5.71 Å². The Labute approximate surface area is 123 Å². The van der Waals surface area contributed by atoms with Crippen LogP contribution < -0.4 is 5.43 Å². The average molecular weight is 275 g/mol. The molecule has 0 aliphatic carbocycles. The summed E-state index contributed by atoms with van der Waals surface area (Å²) in [7, 11) is 0. The summed E-state index contributed by atoms with van der Waals surface area (Å²) in [6.07, 6.45) is 3.59. The molecule has 0 saturated heterocycles. The topological polar surface area (TPSA) is 84.9 Å². The van der Waals surface area contributed by atoms with Crippen molar-refractivity contribution < 1.29 is 0 Å². The van der Waals surface area contributed by atoms with E-state index in [9.17, 15) is 0 Å². The van der Waals surface area contributed by atoms with Crippen LogP contribution in [0, 0.1) is 22.7 Å². The van der Waals surface area contributed by atoms with Crippen molar-refractivity contribution in [1.82, 2.24) is 4.98 Å². The molecule has 0 atom stereocenters. The summed E-state index contributed by atoms with van der Waals surface area (Å²) < 4.78 is 0. The van der Waals surface area contributed by atoms with Crippen molar-refractivity contribution in [1.29, 1.82) is 10.5 Å². The minimum atomic E-state index is -0.200. The molecule has 1 N–H and O–H groups in total. The quantitative estimate of drug-likeness (QED) is 0.671. The largest absolute Gasteiger partial charge is 0.277 e. The average Bonchev–Trinajstić information content (AvgIpc) is 2.56. The molecule has 21 heavy (non-hydrogen) atoms. The fourth-order valence-electron chi connectivity index (χ4n) is 1.76. The normalized spacial score (nSPS) is 9.24. The molecule has 0 bridgehead atoms. The molecule has 1 aromatic carbocycles. The van der Waals surface area contributed by atoms with Gasteiger partial charge in [0.15, 0.2) is 0 Å². The Kier molecular flexibility index (Phi) is 5.03. The molecule has 0 aliphatic heterocycles. The van der Waals surface area contributed by atoms with E-state index in [2.05, 4.69) is 15.5 Å². The number of rotatable bonds is 5. The lowest BCUT2D eigenvalue weighted by Crippen LogP contribution is -1.97. The summed E-state index contributed by atoms with van der Waals surface area (Å²) >= 11 is 0. The highest BCUT2D eigenvalue weighted by Crippen LogP contribution is 2.11. The van der Waals surface area contributed by atoms with E-state index in [1.807, 2.05) is 42.5 Å². The maximum atomic E-state index is 8.58. The van der Waals surface area contributed by atoms with Crippen LogP contribution in [-0.2, 0) is 12.8 Å². The van der Waals surface area contributed by atoms with Gasteiger partial charge in [0.1, 0.15) is 12.1 Å². The summed E-state index contributed by atoms with van der Waals surface area (Å²) in [6.45, 7) is 0. The van der Waals surface area contributed by atoms with Crippen molar-refractivity contribution in [3.8, 4) is 12.1 Å². The smallest absolute Gasteiger partial charge is 0.237 e. The molecule has 2 aromatic rings. The first kappa shape index (κ1) is 14.2. The first-order valence-corrected chi connectivity index (χ1v) is 6.44. The zero-order valence-electron chi connectivity index (χ0n) is 11.3. The van der Waals surface area contributed by atoms with Crippen LogP contribution in [0.25, 0.3) is 0 Å². The number of pyridine rings is 1. The number of hydrazone groups is 1. The molecule has 0 saturated carbocycles. The maximum absolute atomic E-state index is 8.58. The highest BCUT2D eigenvalue weighted by molar-refractivity contribution is 6.10. The molecular weight excluding hydrogens is 262 g/mol. The van der Waals surface area contributed by atoms with E-state index in [1.165, 1.54) is 5.56 Å². The highest BCUT2D eigenvalue weighted by Gasteiger charge is 1.98. The van der Waals surface area contributed by atoms with E-state index >= 15 is 0 Å². The van der Waals surface area contributed by atoms with Crippen LogP contribution in [0.1, 0.15) is 11.3 Å². The molecular formula is C16H13N5. The number of aryl methyl sites for hydroxylation is 2. The molecule has 5 nitrogen and oxygen atoms in total. The fourth-order valence-corrected chi connectivity index (χ4v) is 1.76. The van der Waals surface area contributed by atoms with Gasteiger partial charge in [0, 0.05) is 11.9 Å². The number of hydrogen-bond donors (Lipinski definition) is 1. The van der Waals surface area contributed by atoms with Crippen LogP contribution >= 0.6 is 0 Å². The standard InChI is InChI=1S/C16H13N5/c17-11-16(12-18)21-20-15-8-5-13(6-9-15)4-7-14-3-1-2-10-19-14/h1-3,5-6,8-10,20H,4,7H2. The highest BCUT2D eigenvalue weighted by atomic mass is 15.3. The number of hydrogen-bond acceptors (Lipinski definition) is 5. The van der Waals surface area contributed by atoms with Crippen molar-refractivity contribution in [3.05, 3.63) is 59.9 Å². The van der Waals surface area contributed by atoms with Gasteiger partial charge in [-0.15, -0.1) is 0 Å². The van der Waals surface area contributed by atoms with Crippen LogP contribution in [-0.4, -0.2) is 10.7 Å². The molecule has 5 heteroatoms. The van der Waals surface area contributed by atoms with Crippen molar-refractivity contribution in [3.63, 3.8) is 0 Å². The van der Waals surface area contributed by atoms with Gasteiger partial charge in [-0.05, 0) is 42.7 Å².